The summed E-state index contributed by atoms with van der Waals surface area (Å²) in [6.07, 6.45) is 5.29. The number of piperidine rings is 1. The number of carbonyl (C=O) groups excluding carboxylic acids is 1. The Labute approximate surface area is 116 Å². The number of nitrogens with zero attached hydrogens (tertiary/aromatic N) is 3. The van der Waals surface area contributed by atoms with Gasteiger partial charge in [-0.25, -0.2) is 0 Å². The van der Waals surface area contributed by atoms with Crippen molar-refractivity contribution in [2.24, 2.45) is 7.05 Å². The van der Waals surface area contributed by atoms with Gasteiger partial charge in [0.25, 0.3) is 5.91 Å². The van der Waals surface area contributed by atoms with Gasteiger partial charge in [-0.15, -0.1) is 0 Å². The Morgan fingerprint density at radius 1 is 1.41 bits per heavy atom. The Kier molecular flexibility index (Phi) is 3.75. The average molecular weight is 347 g/mol. The molecule has 0 aromatic carbocycles. The van der Waals surface area contributed by atoms with E-state index in [0.29, 0.717) is 17.8 Å². The number of amides is 1. The van der Waals surface area contributed by atoms with Crippen LogP contribution in [0.1, 0.15) is 43.6 Å². The molecule has 2 rings (SSSR count). The topological polar surface area (TPSA) is 38.1 Å². The van der Waals surface area contributed by atoms with Crippen LogP contribution in [0.2, 0.25) is 0 Å². The first kappa shape index (κ1) is 12.9. The molecule has 5 heteroatoms. The summed E-state index contributed by atoms with van der Waals surface area (Å²) in [4.78, 5) is 14.5. The van der Waals surface area contributed by atoms with Gasteiger partial charge in [0.1, 0.15) is 0 Å². The van der Waals surface area contributed by atoms with Crippen LogP contribution in [0.4, 0.5) is 0 Å². The molecule has 4 nitrogen and oxygen atoms in total. The number of hydrogen-bond acceptors (Lipinski definition) is 2. The maximum absolute atomic E-state index is 12.5. The highest BCUT2D eigenvalue weighted by molar-refractivity contribution is 14.1. The van der Waals surface area contributed by atoms with E-state index in [1.807, 2.05) is 18.1 Å². The van der Waals surface area contributed by atoms with Crippen LogP contribution in [0.15, 0.2) is 6.20 Å². The molecule has 1 aromatic heterocycles. The van der Waals surface area contributed by atoms with Crippen LogP contribution >= 0.6 is 22.6 Å². The number of carbonyl (C=O) groups is 1. The number of likely N-dealkylation sites (tertiary alicyclic amines) is 1. The molecule has 0 unspecified atom stereocenters. The third kappa shape index (κ3) is 2.48. The van der Waals surface area contributed by atoms with E-state index in [1.165, 1.54) is 6.42 Å². The third-order valence-electron chi connectivity index (χ3n) is 3.41. The summed E-state index contributed by atoms with van der Waals surface area (Å²) in [5.74, 6) is 0.0784. The quantitative estimate of drug-likeness (QED) is 0.732. The predicted molar refractivity (Wildman–Crippen MR) is 74.9 cm³/mol. The van der Waals surface area contributed by atoms with E-state index in [9.17, 15) is 4.79 Å². The van der Waals surface area contributed by atoms with Gasteiger partial charge in [-0.3, -0.25) is 9.48 Å². The zero-order chi connectivity index (χ0) is 12.6. The number of hydrogen-bond donors (Lipinski definition) is 0. The molecule has 1 aliphatic rings. The lowest BCUT2D eigenvalue weighted by molar-refractivity contribution is 0.0503. The molecule has 17 heavy (non-hydrogen) atoms. The Morgan fingerprint density at radius 2 is 2.00 bits per heavy atom. The highest BCUT2D eigenvalue weighted by Crippen LogP contribution is 2.25. The van der Waals surface area contributed by atoms with Gasteiger partial charge < -0.3 is 4.90 Å². The second-order valence-electron chi connectivity index (χ2n) is 4.84. The van der Waals surface area contributed by atoms with E-state index >= 15 is 0 Å². The molecule has 1 aliphatic heterocycles. The summed E-state index contributed by atoms with van der Waals surface area (Å²) in [5, 5.41) is 4.27. The monoisotopic (exact) mass is 347 g/mol. The van der Waals surface area contributed by atoms with Crippen molar-refractivity contribution in [3.8, 4) is 0 Å². The summed E-state index contributed by atoms with van der Waals surface area (Å²) in [5.41, 5.74) is 0.591. The van der Waals surface area contributed by atoms with Gasteiger partial charge in [0, 0.05) is 25.3 Å². The number of aromatic nitrogens is 2. The van der Waals surface area contributed by atoms with E-state index in [1.54, 1.807) is 4.68 Å². The van der Waals surface area contributed by atoms with Crippen LogP contribution in [0.5, 0.6) is 0 Å². The summed E-state index contributed by atoms with van der Waals surface area (Å²) in [7, 11) is 1.85. The minimum Gasteiger partial charge on any atom is -0.332 e. The van der Waals surface area contributed by atoms with Crippen molar-refractivity contribution in [2.45, 2.75) is 45.2 Å². The van der Waals surface area contributed by atoms with Gasteiger partial charge >= 0.3 is 0 Å². The minimum atomic E-state index is 0.0784. The van der Waals surface area contributed by atoms with Crippen molar-refractivity contribution in [2.75, 3.05) is 0 Å². The summed E-state index contributed by atoms with van der Waals surface area (Å²) in [6.45, 7) is 4.26. The van der Waals surface area contributed by atoms with Crippen LogP contribution in [-0.4, -0.2) is 32.7 Å². The lowest BCUT2D eigenvalue weighted by atomic mass is 9.97. The van der Waals surface area contributed by atoms with Gasteiger partial charge in [0.2, 0.25) is 0 Å². The van der Waals surface area contributed by atoms with Crippen molar-refractivity contribution in [1.82, 2.24) is 14.7 Å². The van der Waals surface area contributed by atoms with Crippen molar-refractivity contribution >= 4 is 28.5 Å². The van der Waals surface area contributed by atoms with E-state index in [4.69, 9.17) is 0 Å². The van der Waals surface area contributed by atoms with Crippen molar-refractivity contribution in [3.63, 3.8) is 0 Å². The summed E-state index contributed by atoms with van der Waals surface area (Å²) >= 11 is 2.18. The fraction of sp³-hybridized carbons (Fsp3) is 0.667. The van der Waals surface area contributed by atoms with Crippen molar-refractivity contribution in [1.29, 1.82) is 0 Å². The SMILES string of the molecule is C[C@H]1CCC[C@H](C)N1C(=O)c1nn(C)cc1I. The van der Waals surface area contributed by atoms with E-state index in [2.05, 4.69) is 41.5 Å². The van der Waals surface area contributed by atoms with Gasteiger partial charge in [0.15, 0.2) is 5.69 Å². The van der Waals surface area contributed by atoms with Gasteiger partial charge in [-0.1, -0.05) is 0 Å². The zero-order valence-corrected chi connectivity index (χ0v) is 12.6. The molecule has 0 saturated carbocycles. The molecule has 1 saturated heterocycles. The minimum absolute atomic E-state index is 0.0784. The van der Waals surface area contributed by atoms with Gasteiger partial charge in [-0.05, 0) is 55.7 Å². The average Bonchev–Trinajstić information content (AvgIpc) is 2.57. The summed E-state index contributed by atoms with van der Waals surface area (Å²) < 4.78 is 2.63. The Hall–Kier alpha value is -0.590. The lowest BCUT2D eigenvalue weighted by Crippen LogP contribution is -2.47. The summed E-state index contributed by atoms with van der Waals surface area (Å²) in [6, 6.07) is 0.646. The molecule has 0 radical (unpaired) electrons. The smallest absolute Gasteiger partial charge is 0.275 e. The van der Waals surface area contributed by atoms with E-state index in [-0.39, 0.29) is 5.91 Å². The molecule has 2 atom stereocenters. The molecular weight excluding hydrogens is 329 g/mol. The number of rotatable bonds is 1. The molecule has 0 spiro atoms. The first-order valence-electron chi connectivity index (χ1n) is 6.02. The fourth-order valence-corrected chi connectivity index (χ4v) is 3.29. The van der Waals surface area contributed by atoms with Crippen molar-refractivity contribution in [3.05, 3.63) is 15.5 Å². The third-order valence-corrected chi connectivity index (χ3v) is 4.20. The van der Waals surface area contributed by atoms with Crippen LogP contribution in [0.3, 0.4) is 0 Å². The number of halogens is 1. The molecule has 1 fully saturated rings. The Balaban J connectivity index is 2.27. The molecule has 0 aliphatic carbocycles. The van der Waals surface area contributed by atoms with E-state index in [0.717, 1.165) is 16.4 Å². The molecule has 2 heterocycles. The highest BCUT2D eigenvalue weighted by Gasteiger charge is 2.31. The van der Waals surface area contributed by atoms with Crippen LogP contribution in [-0.2, 0) is 7.05 Å². The fourth-order valence-electron chi connectivity index (χ4n) is 2.55. The largest absolute Gasteiger partial charge is 0.332 e. The highest BCUT2D eigenvalue weighted by atomic mass is 127. The van der Waals surface area contributed by atoms with Gasteiger partial charge in [0.05, 0.1) is 3.57 Å². The normalized spacial score (nSPS) is 25.1. The first-order valence-corrected chi connectivity index (χ1v) is 7.10. The predicted octanol–water partition coefficient (Wildman–Crippen LogP) is 2.43. The molecule has 0 N–H and O–H groups in total. The van der Waals surface area contributed by atoms with Crippen LogP contribution < -0.4 is 0 Å². The van der Waals surface area contributed by atoms with E-state index < -0.39 is 0 Å². The lowest BCUT2D eigenvalue weighted by Gasteiger charge is -2.38. The zero-order valence-electron chi connectivity index (χ0n) is 10.5. The van der Waals surface area contributed by atoms with Gasteiger partial charge in [-0.2, -0.15) is 5.10 Å². The first-order chi connectivity index (χ1) is 8.00. The molecule has 1 amide bonds. The molecule has 94 valence electrons. The van der Waals surface area contributed by atoms with Crippen LogP contribution in [0, 0.1) is 3.57 Å². The maximum atomic E-state index is 12.5. The second-order valence-corrected chi connectivity index (χ2v) is 6.00. The maximum Gasteiger partial charge on any atom is 0.275 e. The number of aryl methyl sites for hydroxylation is 1. The Morgan fingerprint density at radius 3 is 2.47 bits per heavy atom. The second kappa shape index (κ2) is 4.96. The van der Waals surface area contributed by atoms with Crippen molar-refractivity contribution < 1.29 is 4.79 Å². The molecule has 0 bridgehead atoms. The van der Waals surface area contributed by atoms with Crippen LogP contribution in [0.25, 0.3) is 0 Å². The standard InChI is InChI=1S/C12H18IN3O/c1-8-5-4-6-9(2)16(8)12(17)11-10(13)7-15(3)14-11/h7-9H,4-6H2,1-3H3/t8-,9-/m0/s1. The molecular formula is C12H18IN3O. The Bertz CT molecular complexity index is 419. The molecule has 1 aromatic rings.